The minimum Gasteiger partial charge on any atom is -0.497 e. The molecule has 1 unspecified atom stereocenters. The molecule has 31 heavy (non-hydrogen) atoms. The molecular weight excluding hydrogens is 392 g/mol. The Hall–Kier alpha value is -3.67. The van der Waals surface area contributed by atoms with Crippen LogP contribution in [0.2, 0.25) is 0 Å². The molecule has 3 aromatic rings. The van der Waals surface area contributed by atoms with Crippen molar-refractivity contribution in [1.82, 2.24) is 0 Å². The van der Waals surface area contributed by atoms with Gasteiger partial charge in [0.05, 0.1) is 27.4 Å². The highest BCUT2D eigenvalue weighted by atomic mass is 16.5. The van der Waals surface area contributed by atoms with Gasteiger partial charge in [-0.05, 0) is 59.7 Å². The molecule has 0 saturated carbocycles. The normalized spacial score (nSPS) is 19.9. The van der Waals surface area contributed by atoms with Crippen LogP contribution in [0.5, 0.6) is 11.5 Å². The molecule has 5 rings (SSSR count). The van der Waals surface area contributed by atoms with E-state index in [0.717, 1.165) is 34.0 Å². The molecule has 2 heterocycles. The number of cyclic esters (lactones) is 1. The summed E-state index contributed by atoms with van der Waals surface area (Å²) in [6, 6.07) is 23.8. The number of esters is 1. The van der Waals surface area contributed by atoms with E-state index < -0.39 is 5.54 Å². The Labute approximate surface area is 181 Å². The maximum absolute atomic E-state index is 13.4. The molecule has 0 radical (unpaired) electrons. The predicted octanol–water partition coefficient (Wildman–Crippen LogP) is 3.94. The second-order valence-electron chi connectivity index (χ2n) is 7.76. The van der Waals surface area contributed by atoms with E-state index in [1.165, 1.54) is 0 Å². The second-order valence-corrected chi connectivity index (χ2v) is 7.76. The van der Waals surface area contributed by atoms with Gasteiger partial charge in [0.1, 0.15) is 18.1 Å². The Balaban J connectivity index is 1.63. The van der Waals surface area contributed by atoms with Crippen LogP contribution in [-0.2, 0) is 21.7 Å². The fourth-order valence-electron chi connectivity index (χ4n) is 4.56. The number of methoxy groups -OCH3 is 2. The Morgan fingerprint density at radius 1 is 0.839 bits per heavy atom. The van der Waals surface area contributed by atoms with Gasteiger partial charge in [0.15, 0.2) is 5.54 Å². The van der Waals surface area contributed by atoms with Crippen molar-refractivity contribution in [3.05, 3.63) is 83.9 Å². The van der Waals surface area contributed by atoms with Gasteiger partial charge in [-0.3, -0.25) is 0 Å². The molecule has 2 aliphatic rings. The van der Waals surface area contributed by atoms with Crippen LogP contribution >= 0.6 is 0 Å². The van der Waals surface area contributed by atoms with E-state index >= 15 is 0 Å². The van der Waals surface area contributed by atoms with Crippen molar-refractivity contribution in [2.45, 2.75) is 12.1 Å². The van der Waals surface area contributed by atoms with Gasteiger partial charge in [-0.25, -0.2) is 4.79 Å². The van der Waals surface area contributed by atoms with E-state index in [0.29, 0.717) is 19.8 Å². The maximum Gasteiger partial charge on any atom is 0.339 e. The number of benzene rings is 3. The van der Waals surface area contributed by atoms with Gasteiger partial charge in [-0.1, -0.05) is 24.3 Å². The summed E-state index contributed by atoms with van der Waals surface area (Å²) < 4.78 is 16.3. The lowest BCUT2D eigenvalue weighted by atomic mass is 9.83. The predicted molar refractivity (Wildman–Crippen MR) is 119 cm³/mol. The molecule has 0 bridgehead atoms. The van der Waals surface area contributed by atoms with Crippen LogP contribution in [0.15, 0.2) is 72.8 Å². The lowest BCUT2D eigenvalue weighted by molar-refractivity contribution is -0.153. The zero-order valence-electron chi connectivity index (χ0n) is 17.6. The lowest BCUT2D eigenvalue weighted by Gasteiger charge is -2.40. The van der Waals surface area contributed by atoms with Crippen molar-refractivity contribution >= 4 is 17.3 Å². The first-order valence-electron chi connectivity index (χ1n) is 10.2. The summed E-state index contributed by atoms with van der Waals surface area (Å²) in [6.45, 7) is 1.33. The zero-order valence-corrected chi connectivity index (χ0v) is 17.6. The molecule has 6 heteroatoms. The molecular formula is C25H24N2O4. The topological polar surface area (TPSA) is 51.2 Å². The van der Waals surface area contributed by atoms with Crippen LogP contribution < -0.4 is 19.3 Å². The average molecular weight is 416 g/mol. The van der Waals surface area contributed by atoms with E-state index in [-0.39, 0.29) is 5.97 Å². The Morgan fingerprint density at radius 3 is 2.10 bits per heavy atom. The van der Waals surface area contributed by atoms with Crippen molar-refractivity contribution in [1.29, 1.82) is 0 Å². The number of anilines is 2. The monoisotopic (exact) mass is 416 g/mol. The third kappa shape index (κ3) is 3.06. The van der Waals surface area contributed by atoms with Gasteiger partial charge in [-0.2, -0.15) is 0 Å². The Kier molecular flexibility index (Phi) is 4.70. The first-order chi connectivity index (χ1) is 15.2. The van der Waals surface area contributed by atoms with Gasteiger partial charge >= 0.3 is 5.97 Å². The number of ether oxygens (including phenoxy) is 3. The molecule has 3 aromatic carbocycles. The van der Waals surface area contributed by atoms with Crippen LogP contribution in [0.25, 0.3) is 0 Å². The molecule has 0 amide bonds. The van der Waals surface area contributed by atoms with E-state index in [9.17, 15) is 4.79 Å². The minimum atomic E-state index is -0.927. The summed E-state index contributed by atoms with van der Waals surface area (Å²) in [7, 11) is 3.30. The van der Waals surface area contributed by atoms with Crippen molar-refractivity contribution in [3.8, 4) is 11.5 Å². The first-order valence-corrected chi connectivity index (χ1v) is 10.2. The zero-order chi connectivity index (χ0) is 21.4. The van der Waals surface area contributed by atoms with Crippen LogP contribution in [0.1, 0.15) is 11.1 Å². The van der Waals surface area contributed by atoms with Gasteiger partial charge in [0.25, 0.3) is 0 Å². The SMILES string of the molecule is COc1ccc(N2CN(c3ccc(OC)cc3)C3(C2)C(=O)OCc2ccccc23)cc1. The van der Waals surface area contributed by atoms with Gasteiger partial charge in [-0.15, -0.1) is 0 Å². The Morgan fingerprint density at radius 2 is 1.45 bits per heavy atom. The molecule has 0 N–H and O–H groups in total. The van der Waals surface area contributed by atoms with Crippen molar-refractivity contribution in [3.63, 3.8) is 0 Å². The molecule has 1 fully saturated rings. The van der Waals surface area contributed by atoms with E-state index in [1.807, 2.05) is 72.8 Å². The molecule has 2 aliphatic heterocycles. The maximum atomic E-state index is 13.4. The van der Waals surface area contributed by atoms with Gasteiger partial charge in [0.2, 0.25) is 0 Å². The number of rotatable bonds is 4. The highest BCUT2D eigenvalue weighted by molar-refractivity contribution is 5.91. The molecule has 0 aliphatic carbocycles. The molecule has 6 nitrogen and oxygen atoms in total. The quantitative estimate of drug-likeness (QED) is 0.601. The lowest BCUT2D eigenvalue weighted by Crippen LogP contribution is -2.53. The summed E-state index contributed by atoms with van der Waals surface area (Å²) in [5.74, 6) is 1.35. The van der Waals surface area contributed by atoms with Gasteiger partial charge < -0.3 is 24.0 Å². The summed E-state index contributed by atoms with van der Waals surface area (Å²) in [5.41, 5.74) is 3.07. The van der Waals surface area contributed by atoms with Crippen molar-refractivity contribution < 1.29 is 19.0 Å². The van der Waals surface area contributed by atoms with Crippen LogP contribution in [0.4, 0.5) is 11.4 Å². The molecule has 1 atom stereocenters. The van der Waals surface area contributed by atoms with E-state index in [2.05, 4.69) is 9.80 Å². The van der Waals surface area contributed by atoms with E-state index in [1.54, 1.807) is 14.2 Å². The summed E-state index contributed by atoms with van der Waals surface area (Å²) in [6.07, 6.45) is 0. The molecule has 1 saturated heterocycles. The average Bonchev–Trinajstić information content (AvgIpc) is 3.23. The summed E-state index contributed by atoms with van der Waals surface area (Å²) in [4.78, 5) is 17.8. The first kappa shape index (κ1) is 19.3. The van der Waals surface area contributed by atoms with Gasteiger partial charge in [0, 0.05) is 11.4 Å². The number of hydrogen-bond acceptors (Lipinski definition) is 6. The fourth-order valence-corrected chi connectivity index (χ4v) is 4.56. The smallest absolute Gasteiger partial charge is 0.339 e. The highest BCUT2D eigenvalue weighted by Gasteiger charge is 2.56. The van der Waals surface area contributed by atoms with Crippen LogP contribution in [-0.4, -0.2) is 33.4 Å². The van der Waals surface area contributed by atoms with Crippen LogP contribution in [0, 0.1) is 0 Å². The summed E-state index contributed by atoms with van der Waals surface area (Å²) in [5, 5.41) is 0. The number of carbonyl (C=O) groups is 1. The largest absolute Gasteiger partial charge is 0.497 e. The standard InChI is InChI=1S/C25H24N2O4/c1-29-21-11-7-19(8-12-21)26-16-25(23-6-4-3-5-18(23)15-31-24(25)28)27(17-26)20-9-13-22(30-2)14-10-20/h3-14H,15-17H2,1-2H3. The molecule has 0 aromatic heterocycles. The Bertz CT molecular complexity index is 1100. The molecule has 1 spiro atoms. The third-order valence-electron chi connectivity index (χ3n) is 6.17. The fraction of sp³-hybridized carbons (Fsp3) is 0.240. The number of nitrogens with zero attached hydrogens (tertiary/aromatic N) is 2. The van der Waals surface area contributed by atoms with Crippen molar-refractivity contribution in [2.24, 2.45) is 0 Å². The van der Waals surface area contributed by atoms with Crippen LogP contribution in [0.3, 0.4) is 0 Å². The minimum absolute atomic E-state index is 0.224. The second kappa shape index (κ2) is 7.54. The third-order valence-corrected chi connectivity index (χ3v) is 6.17. The highest BCUT2D eigenvalue weighted by Crippen LogP contribution is 2.45. The number of fused-ring (bicyclic) bond motifs is 2. The number of hydrogen-bond donors (Lipinski definition) is 0. The molecule has 158 valence electrons. The number of carbonyl (C=O) groups excluding carboxylic acids is 1. The van der Waals surface area contributed by atoms with Crippen molar-refractivity contribution in [2.75, 3.05) is 37.2 Å². The van der Waals surface area contributed by atoms with E-state index in [4.69, 9.17) is 14.2 Å². The summed E-state index contributed by atoms with van der Waals surface area (Å²) >= 11 is 0.